The van der Waals surface area contributed by atoms with Gasteiger partial charge in [0.25, 0.3) is 5.91 Å². The fraction of sp³-hybridized carbons (Fsp3) is 0. The van der Waals surface area contributed by atoms with E-state index in [1.165, 1.54) is 12.1 Å². The first kappa shape index (κ1) is 13.4. The van der Waals surface area contributed by atoms with Gasteiger partial charge in [-0.25, -0.2) is 0 Å². The summed E-state index contributed by atoms with van der Waals surface area (Å²) < 4.78 is 5.56. The quantitative estimate of drug-likeness (QED) is 0.724. The summed E-state index contributed by atoms with van der Waals surface area (Å²) in [6.45, 7) is 0. The maximum absolute atomic E-state index is 11.4. The predicted molar refractivity (Wildman–Crippen MR) is 74.4 cm³/mol. The van der Waals surface area contributed by atoms with Crippen molar-refractivity contribution in [2.24, 2.45) is 11.5 Å². The largest absolute Gasteiger partial charge is 0.454 e. The van der Waals surface area contributed by atoms with Crippen molar-refractivity contribution in [3.05, 3.63) is 53.6 Å². The van der Waals surface area contributed by atoms with Crippen LogP contribution in [0.5, 0.6) is 11.5 Å². The van der Waals surface area contributed by atoms with Crippen LogP contribution >= 0.6 is 0 Å². The van der Waals surface area contributed by atoms with Crippen molar-refractivity contribution in [2.75, 3.05) is 5.73 Å². The lowest BCUT2D eigenvalue weighted by Crippen LogP contribution is -2.13. The molecule has 2 aromatic rings. The van der Waals surface area contributed by atoms with Crippen molar-refractivity contribution in [2.45, 2.75) is 0 Å². The predicted octanol–water partition coefficient (Wildman–Crippen LogP) is 1.26. The molecule has 2 rings (SSSR count). The minimum atomic E-state index is -0.654. The van der Waals surface area contributed by atoms with Gasteiger partial charge in [-0.1, -0.05) is 12.1 Å². The molecule has 6 N–H and O–H groups in total. The molecule has 0 heterocycles. The molecule has 0 radical (unpaired) electrons. The van der Waals surface area contributed by atoms with Crippen LogP contribution in [0.1, 0.15) is 20.7 Å². The van der Waals surface area contributed by atoms with E-state index in [1.807, 2.05) is 0 Å². The fourth-order valence-corrected chi connectivity index (χ4v) is 1.69. The number of hydrogen-bond acceptors (Lipinski definition) is 4. The maximum atomic E-state index is 11.4. The standard InChI is InChI=1S/C14H13N3O3/c15-11-6-2-5-10(14(17)19)12(11)20-9-4-1-3-8(7-9)13(16)18/h1-7H,15H2,(H2,16,18)(H2,17,19). The molecule has 0 unspecified atom stereocenters. The third-order valence-electron chi connectivity index (χ3n) is 2.65. The molecular formula is C14H13N3O3. The number of ether oxygens (including phenoxy) is 1. The van der Waals surface area contributed by atoms with Gasteiger partial charge in [0.1, 0.15) is 5.75 Å². The third kappa shape index (κ3) is 2.69. The Morgan fingerprint density at radius 2 is 1.65 bits per heavy atom. The van der Waals surface area contributed by atoms with Crippen molar-refractivity contribution in [1.29, 1.82) is 0 Å². The first-order valence-electron chi connectivity index (χ1n) is 5.75. The number of amides is 2. The third-order valence-corrected chi connectivity index (χ3v) is 2.65. The van der Waals surface area contributed by atoms with Crippen LogP contribution < -0.4 is 21.9 Å². The molecule has 0 aliphatic rings. The number of para-hydroxylation sites is 1. The number of primary amides is 2. The molecule has 0 aliphatic carbocycles. The second kappa shape index (κ2) is 5.31. The molecule has 0 aliphatic heterocycles. The van der Waals surface area contributed by atoms with E-state index in [0.717, 1.165) is 0 Å². The average molecular weight is 271 g/mol. The summed E-state index contributed by atoms with van der Waals surface area (Å²) in [7, 11) is 0. The summed E-state index contributed by atoms with van der Waals surface area (Å²) in [6.07, 6.45) is 0. The number of rotatable bonds is 4. The summed E-state index contributed by atoms with van der Waals surface area (Å²) in [5, 5.41) is 0. The van der Waals surface area contributed by atoms with Crippen LogP contribution in [0.15, 0.2) is 42.5 Å². The van der Waals surface area contributed by atoms with Crippen LogP contribution in [0.2, 0.25) is 0 Å². The zero-order valence-corrected chi connectivity index (χ0v) is 10.5. The highest BCUT2D eigenvalue weighted by atomic mass is 16.5. The average Bonchev–Trinajstić information content (AvgIpc) is 2.41. The van der Waals surface area contributed by atoms with E-state index in [4.69, 9.17) is 21.9 Å². The van der Waals surface area contributed by atoms with E-state index in [0.29, 0.717) is 5.75 Å². The first-order chi connectivity index (χ1) is 9.49. The molecule has 0 fully saturated rings. The summed E-state index contributed by atoms with van der Waals surface area (Å²) in [5.74, 6) is -0.742. The van der Waals surface area contributed by atoms with Crippen molar-refractivity contribution in [3.63, 3.8) is 0 Å². The van der Waals surface area contributed by atoms with Crippen LogP contribution in [0.25, 0.3) is 0 Å². The van der Waals surface area contributed by atoms with Crippen molar-refractivity contribution >= 4 is 17.5 Å². The first-order valence-corrected chi connectivity index (χ1v) is 5.75. The Kier molecular flexibility index (Phi) is 3.56. The molecule has 6 heteroatoms. The minimum Gasteiger partial charge on any atom is -0.454 e. The molecule has 0 aromatic heterocycles. The highest BCUT2D eigenvalue weighted by Gasteiger charge is 2.13. The van der Waals surface area contributed by atoms with Gasteiger partial charge in [0.05, 0.1) is 11.3 Å². The molecule has 0 saturated heterocycles. The van der Waals surface area contributed by atoms with E-state index < -0.39 is 11.8 Å². The molecule has 102 valence electrons. The normalized spacial score (nSPS) is 10.0. The van der Waals surface area contributed by atoms with Gasteiger partial charge in [-0.05, 0) is 30.3 Å². The zero-order valence-electron chi connectivity index (χ0n) is 10.5. The topological polar surface area (TPSA) is 121 Å². The number of anilines is 1. The monoisotopic (exact) mass is 271 g/mol. The second-order valence-electron chi connectivity index (χ2n) is 4.08. The van der Waals surface area contributed by atoms with Crippen LogP contribution in [0.3, 0.4) is 0 Å². The molecule has 2 aromatic carbocycles. The summed E-state index contributed by atoms with van der Waals surface area (Å²) in [6, 6.07) is 10.9. The van der Waals surface area contributed by atoms with Gasteiger partial charge in [-0.15, -0.1) is 0 Å². The molecular weight excluding hydrogens is 258 g/mol. The number of nitrogens with two attached hydrogens (primary N) is 3. The van der Waals surface area contributed by atoms with E-state index in [9.17, 15) is 9.59 Å². The highest BCUT2D eigenvalue weighted by Crippen LogP contribution is 2.31. The van der Waals surface area contributed by atoms with Crippen LogP contribution in [0, 0.1) is 0 Å². The Bertz CT molecular complexity index is 683. The fourth-order valence-electron chi connectivity index (χ4n) is 1.69. The molecule has 6 nitrogen and oxygen atoms in total. The lowest BCUT2D eigenvalue weighted by molar-refractivity contribution is 0.0989. The van der Waals surface area contributed by atoms with Gasteiger partial charge in [0, 0.05) is 5.56 Å². The van der Waals surface area contributed by atoms with Gasteiger partial charge in [0.2, 0.25) is 5.91 Å². The zero-order chi connectivity index (χ0) is 14.7. The highest BCUT2D eigenvalue weighted by molar-refractivity contribution is 5.97. The summed E-state index contributed by atoms with van der Waals surface area (Å²) in [4.78, 5) is 22.5. The summed E-state index contributed by atoms with van der Waals surface area (Å²) >= 11 is 0. The van der Waals surface area contributed by atoms with E-state index in [-0.39, 0.29) is 22.6 Å². The molecule has 0 spiro atoms. The van der Waals surface area contributed by atoms with Crippen molar-refractivity contribution in [3.8, 4) is 11.5 Å². The number of nitrogen functional groups attached to an aromatic ring is 1. The Morgan fingerprint density at radius 1 is 0.950 bits per heavy atom. The second-order valence-corrected chi connectivity index (χ2v) is 4.08. The molecule has 2 amide bonds. The lowest BCUT2D eigenvalue weighted by atomic mass is 10.1. The molecule has 0 bridgehead atoms. The van der Waals surface area contributed by atoms with Gasteiger partial charge in [-0.2, -0.15) is 0 Å². The van der Waals surface area contributed by atoms with Gasteiger partial charge in [0.15, 0.2) is 5.75 Å². The molecule has 0 saturated carbocycles. The number of carbonyl (C=O) groups is 2. The van der Waals surface area contributed by atoms with Crippen molar-refractivity contribution in [1.82, 2.24) is 0 Å². The van der Waals surface area contributed by atoms with E-state index in [2.05, 4.69) is 0 Å². The Hall–Kier alpha value is -3.02. The Balaban J connectivity index is 2.42. The van der Waals surface area contributed by atoms with Crippen LogP contribution in [0.4, 0.5) is 5.69 Å². The Morgan fingerprint density at radius 3 is 2.30 bits per heavy atom. The SMILES string of the molecule is NC(=O)c1cccc(Oc2c(N)cccc2C(N)=O)c1. The molecule has 0 atom stereocenters. The number of hydrogen-bond donors (Lipinski definition) is 3. The van der Waals surface area contributed by atoms with Gasteiger partial charge in [-0.3, -0.25) is 9.59 Å². The van der Waals surface area contributed by atoms with E-state index >= 15 is 0 Å². The van der Waals surface area contributed by atoms with Crippen LogP contribution in [-0.4, -0.2) is 11.8 Å². The van der Waals surface area contributed by atoms with Gasteiger partial charge >= 0.3 is 0 Å². The maximum Gasteiger partial charge on any atom is 0.252 e. The lowest BCUT2D eigenvalue weighted by Gasteiger charge is -2.12. The van der Waals surface area contributed by atoms with Gasteiger partial charge < -0.3 is 21.9 Å². The van der Waals surface area contributed by atoms with E-state index in [1.54, 1.807) is 30.3 Å². The van der Waals surface area contributed by atoms with Crippen LogP contribution in [-0.2, 0) is 0 Å². The Labute approximate surface area is 115 Å². The van der Waals surface area contributed by atoms with Crippen molar-refractivity contribution < 1.29 is 14.3 Å². The molecule has 20 heavy (non-hydrogen) atoms. The number of benzene rings is 2. The smallest absolute Gasteiger partial charge is 0.252 e. The summed E-state index contributed by atoms with van der Waals surface area (Å²) in [5.41, 5.74) is 17.0. The number of carbonyl (C=O) groups excluding carboxylic acids is 2. The minimum absolute atomic E-state index is 0.154.